The molecule has 1 amide bonds. The minimum Gasteiger partial charge on any atom is -0.471 e. The second-order valence-corrected chi connectivity index (χ2v) is 13.6. The first-order valence-electron chi connectivity index (χ1n) is 14.6. The van der Waals surface area contributed by atoms with E-state index in [1.54, 1.807) is 23.0 Å². The summed E-state index contributed by atoms with van der Waals surface area (Å²) < 4.78 is 26.0. The summed E-state index contributed by atoms with van der Waals surface area (Å²) in [6, 6.07) is 6.32. The average Bonchev–Trinajstić information content (AvgIpc) is 3.45. The van der Waals surface area contributed by atoms with E-state index in [9.17, 15) is 14.3 Å². The molecule has 3 heterocycles. The minimum atomic E-state index is -0.923. The fourth-order valence-corrected chi connectivity index (χ4v) is 6.46. The second kappa shape index (κ2) is 12.8. The number of aliphatic hydroxyl groups is 1. The summed E-state index contributed by atoms with van der Waals surface area (Å²) in [5.41, 5.74) is 5.45. The first-order chi connectivity index (χ1) is 20.0. The number of aromatic nitrogens is 2. The van der Waals surface area contributed by atoms with E-state index in [0.717, 1.165) is 48.8 Å². The molecule has 0 saturated heterocycles. The predicted octanol–water partition coefficient (Wildman–Crippen LogP) is 5.00. The Hall–Kier alpha value is -2.92. The molecular formula is C32H41FN4O4S. The molecule has 1 aliphatic carbocycles. The summed E-state index contributed by atoms with van der Waals surface area (Å²) in [5.74, 6) is -0.0324. The molecule has 42 heavy (non-hydrogen) atoms. The average molecular weight is 597 g/mol. The highest BCUT2D eigenvalue weighted by Crippen LogP contribution is 2.48. The number of pyridine rings is 1. The molecule has 1 unspecified atom stereocenters. The lowest BCUT2D eigenvalue weighted by molar-refractivity contribution is -0.126. The summed E-state index contributed by atoms with van der Waals surface area (Å²) in [6.07, 6.45) is 6.08. The number of carbonyl (C=O) groups is 1. The van der Waals surface area contributed by atoms with E-state index in [-0.39, 0.29) is 41.9 Å². The number of nitrogens with one attached hydrogen (secondary N) is 2. The Labute approximate surface area is 251 Å². The monoisotopic (exact) mass is 596 g/mol. The van der Waals surface area contributed by atoms with E-state index in [4.69, 9.17) is 14.5 Å². The number of fused-ring (bicyclic) bond motifs is 1. The van der Waals surface area contributed by atoms with Crippen LogP contribution in [0.3, 0.4) is 0 Å². The SMILES string of the molecule is COCC(=O)NC(Cc1ccc(F)c(-c2cscn2)c1)[C@H](O)CN[C@H]1CC2(CCC2)Oc2ncc(CC(C)(C)C)cc21. The van der Waals surface area contributed by atoms with Crippen molar-refractivity contribution in [3.63, 3.8) is 0 Å². The molecule has 8 nitrogen and oxygen atoms in total. The van der Waals surface area contributed by atoms with Gasteiger partial charge in [0.25, 0.3) is 0 Å². The Bertz CT molecular complexity index is 1370. The number of aliphatic hydroxyl groups excluding tert-OH is 1. The van der Waals surface area contributed by atoms with Crippen LogP contribution < -0.4 is 15.4 Å². The zero-order valence-electron chi connectivity index (χ0n) is 24.8. The van der Waals surface area contributed by atoms with Crippen LogP contribution in [0.2, 0.25) is 0 Å². The number of hydrogen-bond acceptors (Lipinski definition) is 8. The lowest BCUT2D eigenvalue weighted by atomic mass is 9.73. The van der Waals surface area contributed by atoms with Crippen LogP contribution in [0.5, 0.6) is 5.88 Å². The van der Waals surface area contributed by atoms with Crippen LogP contribution in [0, 0.1) is 11.2 Å². The van der Waals surface area contributed by atoms with Crippen molar-refractivity contribution in [1.82, 2.24) is 20.6 Å². The van der Waals surface area contributed by atoms with Gasteiger partial charge in [0.2, 0.25) is 11.8 Å². The van der Waals surface area contributed by atoms with Crippen LogP contribution in [-0.2, 0) is 22.4 Å². The van der Waals surface area contributed by atoms with Gasteiger partial charge in [-0.25, -0.2) is 14.4 Å². The van der Waals surface area contributed by atoms with Crippen molar-refractivity contribution in [2.24, 2.45) is 5.41 Å². The van der Waals surface area contributed by atoms with E-state index in [0.29, 0.717) is 23.6 Å². The van der Waals surface area contributed by atoms with E-state index < -0.39 is 12.1 Å². The van der Waals surface area contributed by atoms with Gasteiger partial charge in [-0.05, 0) is 66.8 Å². The summed E-state index contributed by atoms with van der Waals surface area (Å²) in [4.78, 5) is 21.5. The topological polar surface area (TPSA) is 106 Å². The van der Waals surface area contributed by atoms with Crippen molar-refractivity contribution in [2.45, 2.75) is 83.1 Å². The summed E-state index contributed by atoms with van der Waals surface area (Å²) in [7, 11) is 1.45. The third-order valence-electron chi connectivity index (χ3n) is 8.05. The largest absolute Gasteiger partial charge is 0.471 e. The van der Waals surface area contributed by atoms with Crippen LogP contribution >= 0.6 is 11.3 Å². The Kier molecular flexibility index (Phi) is 9.27. The summed E-state index contributed by atoms with van der Waals surface area (Å²) in [5, 5.41) is 19.7. The molecule has 5 rings (SSSR count). The van der Waals surface area contributed by atoms with Crippen molar-refractivity contribution >= 4 is 17.2 Å². The number of methoxy groups -OCH3 is 1. The number of hydrogen-bond donors (Lipinski definition) is 3. The molecule has 0 radical (unpaired) electrons. The van der Waals surface area contributed by atoms with E-state index in [1.807, 2.05) is 6.20 Å². The zero-order valence-corrected chi connectivity index (χ0v) is 25.6. The van der Waals surface area contributed by atoms with Gasteiger partial charge in [0.15, 0.2) is 0 Å². The maximum Gasteiger partial charge on any atom is 0.246 e. The molecule has 3 N–H and O–H groups in total. The number of nitrogens with zero attached hydrogens (tertiary/aromatic N) is 2. The molecule has 1 saturated carbocycles. The van der Waals surface area contributed by atoms with Crippen LogP contribution in [0.4, 0.5) is 4.39 Å². The van der Waals surface area contributed by atoms with Gasteiger partial charge >= 0.3 is 0 Å². The van der Waals surface area contributed by atoms with Gasteiger partial charge in [0.1, 0.15) is 18.0 Å². The van der Waals surface area contributed by atoms with Crippen molar-refractivity contribution in [2.75, 3.05) is 20.3 Å². The van der Waals surface area contributed by atoms with Crippen molar-refractivity contribution in [1.29, 1.82) is 0 Å². The molecular weight excluding hydrogens is 555 g/mol. The molecule has 0 bridgehead atoms. The van der Waals surface area contributed by atoms with Gasteiger partial charge in [0, 0.05) is 48.8 Å². The Morgan fingerprint density at radius 1 is 1.26 bits per heavy atom. The van der Waals surface area contributed by atoms with Crippen LogP contribution in [-0.4, -0.2) is 59.0 Å². The standard InChI is InChI=1S/C32H41FN4O4S/c1-31(2,3)13-21-11-23-26(14-32(8-5-9-32)41-30(23)35-15-21)34-16-28(38)25(37-29(39)17-40-4)12-20-6-7-24(33)22(10-20)27-18-42-19-36-27/h6-7,10-11,15,18-19,25-26,28,34,38H,5,8-9,12-14,16-17H2,1-4H3,(H,37,39)/t25?,26-,28+/m0/s1. The maximum absolute atomic E-state index is 14.6. The number of halogens is 1. The molecule has 2 aliphatic rings. The van der Waals surface area contributed by atoms with E-state index in [2.05, 4.69) is 42.5 Å². The highest BCUT2D eigenvalue weighted by molar-refractivity contribution is 7.07. The van der Waals surface area contributed by atoms with Crippen molar-refractivity contribution < 1.29 is 23.8 Å². The lowest BCUT2D eigenvalue weighted by Gasteiger charge is -2.47. The molecule has 1 fully saturated rings. The molecule has 3 atom stereocenters. The molecule has 10 heteroatoms. The fraction of sp³-hybridized carbons (Fsp3) is 0.531. The van der Waals surface area contributed by atoms with Gasteiger partial charge in [-0.1, -0.05) is 26.8 Å². The Morgan fingerprint density at radius 2 is 2.07 bits per heavy atom. The normalized spacial score (nSPS) is 19.0. The Morgan fingerprint density at radius 3 is 2.74 bits per heavy atom. The molecule has 3 aromatic rings. The van der Waals surface area contributed by atoms with Crippen molar-refractivity contribution in [3.8, 4) is 17.1 Å². The zero-order chi connectivity index (χ0) is 29.9. The third-order valence-corrected chi connectivity index (χ3v) is 8.64. The number of carbonyl (C=O) groups excluding carboxylic acids is 1. The van der Waals surface area contributed by atoms with E-state index >= 15 is 0 Å². The number of benzene rings is 1. The quantitative estimate of drug-likeness (QED) is 0.286. The first kappa shape index (κ1) is 30.5. The number of amides is 1. The highest BCUT2D eigenvalue weighted by atomic mass is 32.1. The van der Waals surface area contributed by atoms with Crippen LogP contribution in [0.1, 0.15) is 69.2 Å². The van der Waals surface area contributed by atoms with Gasteiger partial charge < -0.3 is 25.2 Å². The summed E-state index contributed by atoms with van der Waals surface area (Å²) in [6.45, 7) is 6.73. The Balaban J connectivity index is 1.34. The number of ether oxygens (including phenoxy) is 2. The fourth-order valence-electron chi connectivity index (χ4n) is 5.91. The lowest BCUT2D eigenvalue weighted by Crippen LogP contribution is -2.52. The molecule has 1 aliphatic heterocycles. The third kappa shape index (κ3) is 7.34. The maximum atomic E-state index is 14.6. The predicted molar refractivity (Wildman–Crippen MR) is 161 cm³/mol. The molecule has 1 spiro atoms. The second-order valence-electron chi connectivity index (χ2n) is 12.8. The number of rotatable bonds is 11. The molecule has 226 valence electrons. The van der Waals surface area contributed by atoms with Crippen molar-refractivity contribution in [3.05, 3.63) is 63.9 Å². The highest BCUT2D eigenvalue weighted by Gasteiger charge is 2.46. The molecule has 1 aromatic carbocycles. The number of thiazole rings is 1. The van der Waals surface area contributed by atoms with E-state index in [1.165, 1.54) is 24.5 Å². The minimum absolute atomic E-state index is 0.0477. The summed E-state index contributed by atoms with van der Waals surface area (Å²) >= 11 is 1.40. The van der Waals surface area contributed by atoms with Gasteiger partial charge in [-0.2, -0.15) is 0 Å². The molecule has 2 aromatic heterocycles. The first-order valence-corrected chi connectivity index (χ1v) is 15.5. The van der Waals surface area contributed by atoms with Gasteiger partial charge in [-0.15, -0.1) is 11.3 Å². The van der Waals surface area contributed by atoms with Gasteiger partial charge in [0.05, 0.1) is 23.4 Å². The van der Waals surface area contributed by atoms with Crippen LogP contribution in [0.25, 0.3) is 11.3 Å². The van der Waals surface area contributed by atoms with Crippen LogP contribution in [0.15, 0.2) is 41.4 Å². The smallest absolute Gasteiger partial charge is 0.246 e. The van der Waals surface area contributed by atoms with Gasteiger partial charge in [-0.3, -0.25) is 4.79 Å².